The fourth-order valence-corrected chi connectivity index (χ4v) is 3.78. The molecule has 0 saturated carbocycles. The maximum Gasteiger partial charge on any atom is 0.289 e. The molecule has 0 spiro atoms. The Kier molecular flexibility index (Phi) is 5.98. The third-order valence-corrected chi connectivity index (χ3v) is 5.84. The van der Waals surface area contributed by atoms with Crippen LogP contribution in [0.3, 0.4) is 0 Å². The van der Waals surface area contributed by atoms with Crippen molar-refractivity contribution in [1.82, 2.24) is 10.5 Å². The smallest absolute Gasteiger partial charge is 0.289 e. The molecule has 0 fully saturated rings. The highest BCUT2D eigenvalue weighted by Crippen LogP contribution is 2.38. The van der Waals surface area contributed by atoms with Crippen LogP contribution in [-0.2, 0) is 5.41 Å². The van der Waals surface area contributed by atoms with Gasteiger partial charge in [-0.25, -0.2) is 0 Å². The number of aryl methyl sites for hydroxylation is 1. The number of hydrogen-bond donors (Lipinski definition) is 2. The quantitative estimate of drug-likeness (QED) is 0.534. The first kappa shape index (κ1) is 23.5. The number of ether oxygens (including phenoxy) is 1. The Morgan fingerprint density at radius 2 is 1.82 bits per heavy atom. The lowest BCUT2D eigenvalue weighted by molar-refractivity contribution is 0.0902. The summed E-state index contributed by atoms with van der Waals surface area (Å²) in [5.41, 5.74) is 4.32. The first-order valence-corrected chi connectivity index (χ1v) is 11.4. The Bertz CT molecular complexity index is 1250. The highest BCUT2D eigenvalue weighted by atomic mass is 16.5. The van der Waals surface area contributed by atoms with E-state index in [1.165, 1.54) is 0 Å². The third kappa shape index (κ3) is 4.98. The van der Waals surface area contributed by atoms with E-state index in [4.69, 9.17) is 9.26 Å². The van der Waals surface area contributed by atoms with Gasteiger partial charge in [-0.3, -0.25) is 9.59 Å². The van der Waals surface area contributed by atoms with E-state index in [9.17, 15) is 9.59 Å². The molecular formula is C27H31N3O4. The minimum atomic E-state index is -0.306. The van der Waals surface area contributed by atoms with Crippen molar-refractivity contribution in [1.29, 1.82) is 0 Å². The zero-order valence-corrected chi connectivity index (χ0v) is 20.5. The molecule has 7 heteroatoms. The highest BCUT2D eigenvalue weighted by molar-refractivity contribution is 6.05. The number of nitrogens with one attached hydrogen (secondary N) is 2. The Morgan fingerprint density at radius 1 is 1.06 bits per heavy atom. The van der Waals surface area contributed by atoms with Gasteiger partial charge in [-0.05, 0) is 48.2 Å². The lowest BCUT2D eigenvalue weighted by atomic mass is 9.86. The molecule has 1 aromatic heterocycles. The number of hydrogen-bond acceptors (Lipinski definition) is 5. The molecule has 0 bridgehead atoms. The molecule has 3 aromatic rings. The topological polar surface area (TPSA) is 93.5 Å². The van der Waals surface area contributed by atoms with E-state index in [0.717, 1.165) is 22.4 Å². The number of carbonyl (C=O) groups is 2. The molecule has 0 aliphatic carbocycles. The van der Waals surface area contributed by atoms with Crippen LogP contribution in [-0.4, -0.2) is 30.1 Å². The molecule has 2 heterocycles. The molecule has 34 heavy (non-hydrogen) atoms. The number of carbonyl (C=O) groups excluding carboxylic acids is 2. The van der Waals surface area contributed by atoms with Gasteiger partial charge in [0.1, 0.15) is 11.4 Å². The number of nitrogens with zero attached hydrogens (tertiary/aromatic N) is 1. The number of aromatic nitrogens is 1. The summed E-state index contributed by atoms with van der Waals surface area (Å²) >= 11 is 0. The van der Waals surface area contributed by atoms with Crippen LogP contribution in [0.2, 0.25) is 0 Å². The molecule has 1 aliphatic rings. The molecule has 4 rings (SSSR count). The van der Waals surface area contributed by atoms with Gasteiger partial charge < -0.3 is 19.9 Å². The van der Waals surface area contributed by atoms with Gasteiger partial charge in [0.15, 0.2) is 0 Å². The summed E-state index contributed by atoms with van der Waals surface area (Å²) in [5.74, 6) is 0.464. The van der Waals surface area contributed by atoms with Crippen molar-refractivity contribution in [3.05, 3.63) is 64.9 Å². The predicted molar refractivity (Wildman–Crippen MR) is 131 cm³/mol. The van der Waals surface area contributed by atoms with Gasteiger partial charge in [0.05, 0.1) is 6.61 Å². The van der Waals surface area contributed by atoms with Crippen LogP contribution in [0, 0.1) is 12.3 Å². The van der Waals surface area contributed by atoms with Crippen LogP contribution in [0.25, 0.3) is 11.3 Å². The molecule has 7 nitrogen and oxygen atoms in total. The van der Waals surface area contributed by atoms with Crippen LogP contribution in [0.5, 0.6) is 5.75 Å². The third-order valence-electron chi connectivity index (χ3n) is 5.84. The van der Waals surface area contributed by atoms with Crippen LogP contribution >= 0.6 is 0 Å². The first-order chi connectivity index (χ1) is 15.9. The summed E-state index contributed by atoms with van der Waals surface area (Å²) in [6.07, 6.45) is 0. The van der Waals surface area contributed by atoms with Crippen molar-refractivity contribution in [2.75, 3.05) is 18.5 Å². The van der Waals surface area contributed by atoms with Gasteiger partial charge in [-0.1, -0.05) is 45.8 Å². The molecular weight excluding hydrogens is 430 g/mol. The van der Waals surface area contributed by atoms with E-state index in [2.05, 4.69) is 29.6 Å². The molecule has 1 aliphatic heterocycles. The number of rotatable bonds is 5. The lowest BCUT2D eigenvalue weighted by Gasteiger charge is -2.17. The second kappa shape index (κ2) is 8.63. The average molecular weight is 462 g/mol. The number of benzene rings is 2. The molecule has 0 atom stereocenters. The Balaban J connectivity index is 1.52. The lowest BCUT2D eigenvalue weighted by Crippen LogP contribution is -2.31. The summed E-state index contributed by atoms with van der Waals surface area (Å²) < 4.78 is 11.0. The molecule has 0 unspecified atom stereocenters. The summed E-state index contributed by atoms with van der Waals surface area (Å²) in [6, 6.07) is 12.7. The zero-order valence-electron chi connectivity index (χ0n) is 20.5. The SMILES string of the molecule is Cc1ccc(NC(=O)c2ccc3c(c2)C(C)(C)CO3)cc1-c1cc(C(=O)NCC(C)(C)C)on1. The van der Waals surface area contributed by atoms with Gasteiger partial charge in [0.25, 0.3) is 11.8 Å². The van der Waals surface area contributed by atoms with E-state index in [0.29, 0.717) is 30.1 Å². The van der Waals surface area contributed by atoms with Gasteiger partial charge in [-0.2, -0.15) is 0 Å². The summed E-state index contributed by atoms with van der Waals surface area (Å²) in [4.78, 5) is 25.4. The maximum atomic E-state index is 13.0. The summed E-state index contributed by atoms with van der Waals surface area (Å²) in [6.45, 7) is 13.4. The normalized spacial score (nSPS) is 14.3. The largest absolute Gasteiger partial charge is 0.492 e. The van der Waals surface area contributed by atoms with Crippen LogP contribution in [0.15, 0.2) is 47.0 Å². The maximum absolute atomic E-state index is 13.0. The summed E-state index contributed by atoms with van der Waals surface area (Å²) in [7, 11) is 0. The van der Waals surface area contributed by atoms with Gasteiger partial charge in [0.2, 0.25) is 5.76 Å². The van der Waals surface area contributed by atoms with E-state index in [-0.39, 0.29) is 28.4 Å². The van der Waals surface area contributed by atoms with E-state index < -0.39 is 0 Å². The fourth-order valence-electron chi connectivity index (χ4n) is 3.78. The average Bonchev–Trinajstić information content (AvgIpc) is 3.37. The van der Waals surface area contributed by atoms with Gasteiger partial charge in [-0.15, -0.1) is 0 Å². The minimum absolute atomic E-state index is 0.0384. The highest BCUT2D eigenvalue weighted by Gasteiger charge is 2.32. The summed E-state index contributed by atoms with van der Waals surface area (Å²) in [5, 5.41) is 9.91. The molecule has 178 valence electrons. The van der Waals surface area contributed by atoms with Crippen molar-refractivity contribution in [2.45, 2.75) is 47.0 Å². The van der Waals surface area contributed by atoms with Crippen molar-refractivity contribution < 1.29 is 18.8 Å². The van der Waals surface area contributed by atoms with Crippen molar-refractivity contribution in [3.63, 3.8) is 0 Å². The second-order valence-electron chi connectivity index (χ2n) is 10.7. The minimum Gasteiger partial charge on any atom is -0.492 e. The number of fused-ring (bicyclic) bond motifs is 1. The van der Waals surface area contributed by atoms with Crippen LogP contribution < -0.4 is 15.4 Å². The molecule has 2 amide bonds. The van der Waals surface area contributed by atoms with Gasteiger partial charge in [0, 0.05) is 40.4 Å². The zero-order chi connectivity index (χ0) is 24.7. The van der Waals surface area contributed by atoms with Crippen LogP contribution in [0.4, 0.5) is 5.69 Å². The Labute approximate surface area is 199 Å². The number of amides is 2. The van der Waals surface area contributed by atoms with E-state index in [1.54, 1.807) is 12.1 Å². The number of anilines is 1. The predicted octanol–water partition coefficient (Wildman–Crippen LogP) is 5.35. The second-order valence-corrected chi connectivity index (χ2v) is 10.7. The molecule has 2 aromatic carbocycles. The van der Waals surface area contributed by atoms with E-state index in [1.807, 2.05) is 58.0 Å². The van der Waals surface area contributed by atoms with E-state index >= 15 is 0 Å². The Hall–Kier alpha value is -3.61. The molecule has 0 radical (unpaired) electrons. The monoisotopic (exact) mass is 461 g/mol. The van der Waals surface area contributed by atoms with Crippen molar-refractivity contribution in [3.8, 4) is 17.0 Å². The fraction of sp³-hybridized carbons (Fsp3) is 0.370. The standard InChI is InChI=1S/C27H31N3O4/c1-16-7-9-18(29-24(31)17-8-10-22-20(11-17)27(5,6)15-33-22)12-19(16)21-13-23(34-30-21)25(32)28-14-26(2,3)4/h7-13H,14-15H2,1-6H3,(H,28,32)(H,29,31). The van der Waals surface area contributed by atoms with Gasteiger partial charge >= 0.3 is 0 Å². The first-order valence-electron chi connectivity index (χ1n) is 11.4. The van der Waals surface area contributed by atoms with Crippen LogP contribution in [0.1, 0.15) is 66.7 Å². The Morgan fingerprint density at radius 3 is 2.56 bits per heavy atom. The molecule has 0 saturated heterocycles. The molecule has 2 N–H and O–H groups in total. The van der Waals surface area contributed by atoms with Crippen molar-refractivity contribution in [2.24, 2.45) is 5.41 Å². The van der Waals surface area contributed by atoms with Crippen molar-refractivity contribution >= 4 is 17.5 Å².